The van der Waals surface area contributed by atoms with Gasteiger partial charge in [0.2, 0.25) is 5.91 Å². The number of anilines is 1. The van der Waals surface area contributed by atoms with Crippen molar-refractivity contribution >= 4 is 23.5 Å². The Bertz CT molecular complexity index is 527. The van der Waals surface area contributed by atoms with Crippen molar-refractivity contribution in [2.45, 2.75) is 26.7 Å². The number of carboxylic acid groups (broad SMARTS) is 1. The number of carbonyl (C=O) groups is 3. The van der Waals surface area contributed by atoms with E-state index in [-0.39, 0.29) is 36.8 Å². The summed E-state index contributed by atoms with van der Waals surface area (Å²) < 4.78 is 4.92. The van der Waals surface area contributed by atoms with Gasteiger partial charge in [0.15, 0.2) is 0 Å². The van der Waals surface area contributed by atoms with Gasteiger partial charge in [0.05, 0.1) is 17.9 Å². The number of rotatable bonds is 7. The fraction of sp³-hybridized carbons (Fsp3) is 0.400. The number of hydrogen-bond donors (Lipinski definition) is 2. The minimum Gasteiger partial charge on any atom is -0.481 e. The molecule has 1 rings (SSSR count). The van der Waals surface area contributed by atoms with Gasteiger partial charge in [0.1, 0.15) is 0 Å². The molecule has 0 saturated carbocycles. The topological polar surface area (TPSA) is 92.7 Å². The summed E-state index contributed by atoms with van der Waals surface area (Å²) >= 11 is 0. The van der Waals surface area contributed by atoms with Crippen LogP contribution in [0.4, 0.5) is 5.69 Å². The van der Waals surface area contributed by atoms with E-state index in [0.29, 0.717) is 5.69 Å². The average Bonchev–Trinajstić information content (AvgIpc) is 2.38. The number of amides is 1. The third-order valence-electron chi connectivity index (χ3n) is 2.75. The van der Waals surface area contributed by atoms with E-state index >= 15 is 0 Å². The third-order valence-corrected chi connectivity index (χ3v) is 2.75. The van der Waals surface area contributed by atoms with Gasteiger partial charge in [0, 0.05) is 12.8 Å². The fourth-order valence-electron chi connectivity index (χ4n) is 1.87. The summed E-state index contributed by atoms with van der Waals surface area (Å²) in [5.41, 5.74) is 0.641. The van der Waals surface area contributed by atoms with Crippen molar-refractivity contribution < 1.29 is 24.2 Å². The van der Waals surface area contributed by atoms with Crippen molar-refractivity contribution in [1.82, 2.24) is 0 Å². The minimum atomic E-state index is -0.942. The molecule has 0 fully saturated rings. The summed E-state index contributed by atoms with van der Waals surface area (Å²) in [5, 5.41) is 11.3. The molecule has 21 heavy (non-hydrogen) atoms. The second kappa shape index (κ2) is 8.04. The van der Waals surface area contributed by atoms with Crippen LogP contribution in [-0.2, 0) is 14.3 Å². The Kier molecular flexibility index (Phi) is 6.39. The van der Waals surface area contributed by atoms with Gasteiger partial charge in [-0.1, -0.05) is 19.1 Å². The van der Waals surface area contributed by atoms with E-state index in [9.17, 15) is 14.4 Å². The Hall–Kier alpha value is -2.37. The van der Waals surface area contributed by atoms with Crippen molar-refractivity contribution in [2.24, 2.45) is 5.92 Å². The number of carbonyl (C=O) groups excluding carboxylic acids is 2. The highest BCUT2D eigenvalue weighted by Gasteiger charge is 2.16. The maximum Gasteiger partial charge on any atom is 0.340 e. The quantitative estimate of drug-likeness (QED) is 0.752. The van der Waals surface area contributed by atoms with Gasteiger partial charge in [0.25, 0.3) is 0 Å². The van der Waals surface area contributed by atoms with Crippen LogP contribution in [0.5, 0.6) is 0 Å². The van der Waals surface area contributed by atoms with E-state index in [2.05, 4.69) is 5.32 Å². The molecule has 6 heteroatoms. The molecule has 0 aromatic heterocycles. The molecule has 0 unspecified atom stereocenters. The Balaban J connectivity index is 2.72. The van der Waals surface area contributed by atoms with E-state index in [1.807, 2.05) is 0 Å². The highest BCUT2D eigenvalue weighted by atomic mass is 16.5. The van der Waals surface area contributed by atoms with Crippen LogP contribution >= 0.6 is 0 Å². The monoisotopic (exact) mass is 293 g/mol. The third kappa shape index (κ3) is 5.64. The van der Waals surface area contributed by atoms with Crippen molar-refractivity contribution in [3.63, 3.8) is 0 Å². The molecule has 0 aliphatic carbocycles. The Morgan fingerprint density at radius 1 is 1.24 bits per heavy atom. The lowest BCUT2D eigenvalue weighted by Gasteiger charge is -2.12. The van der Waals surface area contributed by atoms with E-state index in [1.165, 1.54) is 0 Å². The van der Waals surface area contributed by atoms with Crippen molar-refractivity contribution in [1.29, 1.82) is 0 Å². The highest BCUT2D eigenvalue weighted by Crippen LogP contribution is 2.17. The molecule has 6 nitrogen and oxygen atoms in total. The number of benzene rings is 1. The van der Waals surface area contributed by atoms with Crippen LogP contribution in [-0.4, -0.2) is 29.6 Å². The largest absolute Gasteiger partial charge is 0.481 e. The number of hydrogen-bond acceptors (Lipinski definition) is 4. The minimum absolute atomic E-state index is 0.0729. The SMILES string of the molecule is CCOC(=O)c1ccccc1NC(=O)C[C@@H](C)CC(=O)O. The van der Waals surface area contributed by atoms with E-state index < -0.39 is 11.9 Å². The van der Waals surface area contributed by atoms with Gasteiger partial charge < -0.3 is 15.2 Å². The smallest absolute Gasteiger partial charge is 0.340 e. The lowest BCUT2D eigenvalue weighted by atomic mass is 10.0. The Morgan fingerprint density at radius 2 is 1.90 bits per heavy atom. The molecule has 0 saturated heterocycles. The van der Waals surface area contributed by atoms with Gasteiger partial charge in [-0.15, -0.1) is 0 Å². The Morgan fingerprint density at radius 3 is 2.52 bits per heavy atom. The molecule has 2 N–H and O–H groups in total. The fourth-order valence-corrected chi connectivity index (χ4v) is 1.87. The van der Waals surface area contributed by atoms with Crippen molar-refractivity contribution in [3.8, 4) is 0 Å². The first-order valence-corrected chi connectivity index (χ1v) is 6.71. The molecule has 0 aliphatic rings. The molecule has 1 atom stereocenters. The molecule has 0 radical (unpaired) electrons. The van der Waals surface area contributed by atoms with Crippen LogP contribution in [0.25, 0.3) is 0 Å². The number of esters is 1. The molecule has 1 aromatic carbocycles. The highest BCUT2D eigenvalue weighted by molar-refractivity contribution is 6.01. The number of para-hydroxylation sites is 1. The van der Waals surface area contributed by atoms with Gasteiger partial charge in [-0.05, 0) is 25.0 Å². The molecule has 114 valence electrons. The molecule has 0 spiro atoms. The summed E-state index contributed by atoms with van der Waals surface area (Å²) in [6, 6.07) is 6.54. The molecule has 0 heterocycles. The second-order valence-electron chi connectivity index (χ2n) is 4.72. The maximum atomic E-state index is 11.9. The number of ether oxygens (including phenoxy) is 1. The first kappa shape index (κ1) is 16.7. The summed E-state index contributed by atoms with van der Waals surface area (Å²) in [4.78, 5) is 34.2. The average molecular weight is 293 g/mol. The van der Waals surface area contributed by atoms with Crippen LogP contribution < -0.4 is 5.32 Å². The standard InChI is InChI=1S/C15H19NO5/c1-3-21-15(20)11-6-4-5-7-12(11)16-13(17)8-10(2)9-14(18)19/h4-7,10H,3,8-9H2,1-2H3,(H,16,17)(H,18,19)/t10-/m1/s1. The second-order valence-corrected chi connectivity index (χ2v) is 4.72. The van der Waals surface area contributed by atoms with Gasteiger partial charge in [-0.3, -0.25) is 9.59 Å². The summed E-state index contributed by atoms with van der Waals surface area (Å²) in [6.45, 7) is 3.63. The number of aliphatic carboxylic acids is 1. The maximum absolute atomic E-state index is 11.9. The molecule has 1 aromatic rings. The number of carboxylic acids is 1. The Labute approximate surface area is 123 Å². The van der Waals surface area contributed by atoms with Crippen molar-refractivity contribution in [3.05, 3.63) is 29.8 Å². The zero-order valence-corrected chi connectivity index (χ0v) is 12.1. The van der Waals surface area contributed by atoms with Gasteiger partial charge in [-0.2, -0.15) is 0 Å². The summed E-state index contributed by atoms with van der Waals surface area (Å²) in [6.07, 6.45) is -0.00357. The normalized spacial score (nSPS) is 11.5. The van der Waals surface area contributed by atoms with Crippen LogP contribution in [0, 0.1) is 5.92 Å². The van der Waals surface area contributed by atoms with Gasteiger partial charge in [-0.25, -0.2) is 4.79 Å². The molecule has 1 amide bonds. The molecule has 0 aliphatic heterocycles. The van der Waals surface area contributed by atoms with E-state index in [1.54, 1.807) is 38.1 Å². The first-order chi connectivity index (χ1) is 9.93. The zero-order valence-electron chi connectivity index (χ0n) is 12.1. The lowest BCUT2D eigenvalue weighted by molar-refractivity contribution is -0.138. The predicted molar refractivity (Wildman–Crippen MR) is 77.1 cm³/mol. The summed E-state index contributed by atoms with van der Waals surface area (Å²) in [5.74, 6) is -2.06. The summed E-state index contributed by atoms with van der Waals surface area (Å²) in [7, 11) is 0. The molecular weight excluding hydrogens is 274 g/mol. The van der Waals surface area contributed by atoms with Crippen LogP contribution in [0.15, 0.2) is 24.3 Å². The van der Waals surface area contributed by atoms with Crippen LogP contribution in [0.2, 0.25) is 0 Å². The van der Waals surface area contributed by atoms with Crippen molar-refractivity contribution in [2.75, 3.05) is 11.9 Å². The number of nitrogens with one attached hydrogen (secondary N) is 1. The van der Waals surface area contributed by atoms with E-state index in [0.717, 1.165) is 0 Å². The van der Waals surface area contributed by atoms with E-state index in [4.69, 9.17) is 9.84 Å². The van der Waals surface area contributed by atoms with Crippen LogP contribution in [0.1, 0.15) is 37.0 Å². The predicted octanol–water partition coefficient (Wildman–Crippen LogP) is 2.30. The first-order valence-electron chi connectivity index (χ1n) is 6.71. The zero-order chi connectivity index (χ0) is 15.8. The van der Waals surface area contributed by atoms with Gasteiger partial charge >= 0.3 is 11.9 Å². The molecule has 0 bridgehead atoms. The van der Waals surface area contributed by atoms with Crippen LogP contribution in [0.3, 0.4) is 0 Å². The lowest BCUT2D eigenvalue weighted by Crippen LogP contribution is -2.19. The molecular formula is C15H19NO5.